The van der Waals surface area contributed by atoms with Gasteiger partial charge >= 0.3 is 5.97 Å². The minimum atomic E-state index is -0.487. The highest BCUT2D eigenvalue weighted by atomic mass is 16.7. The lowest BCUT2D eigenvalue weighted by molar-refractivity contribution is -0.00522. The minimum Gasteiger partial charge on any atom is -0.372 e. The van der Waals surface area contributed by atoms with E-state index in [0.29, 0.717) is 16.6 Å². The van der Waals surface area contributed by atoms with Crippen molar-refractivity contribution in [3.63, 3.8) is 0 Å². The van der Waals surface area contributed by atoms with Gasteiger partial charge in [0.25, 0.3) is 0 Å². The summed E-state index contributed by atoms with van der Waals surface area (Å²) in [5.41, 5.74) is 7.65. The molecule has 5 aromatic rings. The maximum atomic E-state index is 12.7. The first kappa shape index (κ1) is 27.9. The number of nitrogens with zero attached hydrogens (tertiary/aromatic N) is 6. The molecule has 2 saturated heterocycles. The van der Waals surface area contributed by atoms with Crippen LogP contribution in [-0.2, 0) is 4.74 Å². The molecule has 2 fully saturated rings. The predicted octanol–water partition coefficient (Wildman–Crippen LogP) is 5.31. The summed E-state index contributed by atoms with van der Waals surface area (Å²) in [6.45, 7) is 10.1. The van der Waals surface area contributed by atoms with Crippen molar-refractivity contribution in [2.75, 3.05) is 54.0 Å². The molecule has 2 atom stereocenters. The van der Waals surface area contributed by atoms with Crippen LogP contribution in [0.4, 0.5) is 17.1 Å². The molecule has 9 nitrogen and oxygen atoms in total. The fourth-order valence-electron chi connectivity index (χ4n) is 6.20. The fourth-order valence-corrected chi connectivity index (χ4v) is 6.20. The number of aromatic nitrogens is 3. The SMILES string of the molecule is CC1CN(c2ccc(N3CCN(c4ccc(-c5ccc(C(=O)On6nnc7ccccc76)cc5)cc4)CC3)cc2)CC(C)O1. The molecule has 0 amide bonds. The number of piperazine rings is 1. The van der Waals surface area contributed by atoms with E-state index in [9.17, 15) is 4.79 Å². The lowest BCUT2D eigenvalue weighted by Gasteiger charge is -2.38. The summed E-state index contributed by atoms with van der Waals surface area (Å²) in [4.78, 5) is 26.7. The third kappa shape index (κ3) is 5.83. The average Bonchev–Trinajstić information content (AvgIpc) is 3.47. The molecule has 0 radical (unpaired) electrons. The van der Waals surface area contributed by atoms with Crippen LogP contribution in [0.3, 0.4) is 0 Å². The van der Waals surface area contributed by atoms with Crippen molar-refractivity contribution >= 4 is 34.1 Å². The zero-order chi connectivity index (χ0) is 30.0. The summed E-state index contributed by atoms with van der Waals surface area (Å²) in [5.74, 6) is -0.487. The molecule has 224 valence electrons. The Morgan fingerprint density at radius 1 is 0.682 bits per heavy atom. The predicted molar refractivity (Wildman–Crippen MR) is 173 cm³/mol. The number of hydrogen-bond acceptors (Lipinski definition) is 8. The van der Waals surface area contributed by atoms with E-state index in [1.165, 1.54) is 17.1 Å². The van der Waals surface area contributed by atoms with Crippen LogP contribution in [0, 0.1) is 0 Å². The van der Waals surface area contributed by atoms with Crippen molar-refractivity contribution in [1.82, 2.24) is 15.2 Å². The highest BCUT2D eigenvalue weighted by Crippen LogP contribution is 2.27. The van der Waals surface area contributed by atoms with Crippen molar-refractivity contribution < 1.29 is 14.4 Å². The van der Waals surface area contributed by atoms with Gasteiger partial charge < -0.3 is 24.3 Å². The van der Waals surface area contributed by atoms with E-state index in [2.05, 4.69) is 87.4 Å². The topological polar surface area (TPSA) is 76.0 Å². The molecule has 0 bridgehead atoms. The number of hydrogen-bond donors (Lipinski definition) is 0. The van der Waals surface area contributed by atoms with Gasteiger partial charge in [-0.25, -0.2) is 4.79 Å². The van der Waals surface area contributed by atoms with Gasteiger partial charge in [0.1, 0.15) is 11.0 Å². The largest absolute Gasteiger partial charge is 0.372 e. The van der Waals surface area contributed by atoms with E-state index in [4.69, 9.17) is 9.57 Å². The first-order valence-electron chi connectivity index (χ1n) is 15.2. The monoisotopic (exact) mass is 588 g/mol. The molecule has 7 rings (SSSR count). The lowest BCUT2D eigenvalue weighted by Crippen LogP contribution is -2.46. The van der Waals surface area contributed by atoms with Crippen molar-refractivity contribution in [1.29, 1.82) is 0 Å². The molecular weight excluding hydrogens is 552 g/mol. The summed E-state index contributed by atoms with van der Waals surface area (Å²) >= 11 is 0. The summed E-state index contributed by atoms with van der Waals surface area (Å²) < 4.78 is 5.89. The lowest BCUT2D eigenvalue weighted by atomic mass is 10.0. The average molecular weight is 589 g/mol. The zero-order valence-electron chi connectivity index (χ0n) is 25.0. The third-order valence-electron chi connectivity index (χ3n) is 8.46. The number of fused-ring (bicyclic) bond motifs is 1. The fraction of sp³-hybridized carbons (Fsp3) is 0.286. The number of anilines is 3. The number of para-hydroxylation sites is 1. The van der Waals surface area contributed by atoms with Crippen molar-refractivity contribution in [2.45, 2.75) is 26.1 Å². The van der Waals surface area contributed by atoms with Gasteiger partial charge in [-0.3, -0.25) is 0 Å². The van der Waals surface area contributed by atoms with Gasteiger partial charge in [-0.05, 0) is 90.9 Å². The van der Waals surface area contributed by atoms with Crippen LogP contribution in [-0.4, -0.2) is 72.6 Å². The molecule has 0 spiro atoms. The van der Waals surface area contributed by atoms with Crippen LogP contribution in [0.1, 0.15) is 24.2 Å². The highest BCUT2D eigenvalue weighted by Gasteiger charge is 2.23. The molecule has 2 aliphatic rings. The molecule has 4 aromatic carbocycles. The number of carbonyl (C=O) groups is 1. The van der Waals surface area contributed by atoms with Crippen molar-refractivity contribution in [2.24, 2.45) is 0 Å². The molecule has 1 aromatic heterocycles. The standard InChI is InChI=1S/C35H36N6O3/c1-25-23-40(24-26(2)43-25)32-17-15-31(16-18-32)39-21-19-38(20-22-39)30-13-11-28(12-14-30)27-7-9-29(10-8-27)35(42)44-41-34-6-4-3-5-33(34)36-37-41/h3-18,25-26H,19-24H2,1-2H3. The van der Waals surface area contributed by atoms with E-state index >= 15 is 0 Å². The molecule has 44 heavy (non-hydrogen) atoms. The smallest absolute Gasteiger partial charge is 0.365 e. The highest BCUT2D eigenvalue weighted by molar-refractivity contribution is 5.90. The number of carbonyl (C=O) groups excluding carboxylic acids is 1. The van der Waals surface area contributed by atoms with E-state index in [-0.39, 0.29) is 12.2 Å². The Morgan fingerprint density at radius 3 is 1.77 bits per heavy atom. The first-order chi connectivity index (χ1) is 21.5. The number of morpholine rings is 1. The van der Waals surface area contributed by atoms with Crippen LogP contribution in [0.5, 0.6) is 0 Å². The van der Waals surface area contributed by atoms with Gasteiger partial charge in [-0.2, -0.15) is 0 Å². The van der Waals surface area contributed by atoms with E-state index < -0.39 is 5.97 Å². The van der Waals surface area contributed by atoms with Crippen LogP contribution in [0.25, 0.3) is 22.2 Å². The molecule has 0 saturated carbocycles. The maximum absolute atomic E-state index is 12.7. The summed E-state index contributed by atoms with van der Waals surface area (Å²) in [6, 6.07) is 32.4. The van der Waals surface area contributed by atoms with Gasteiger partial charge in [-0.1, -0.05) is 41.2 Å². The second kappa shape index (κ2) is 12.0. The van der Waals surface area contributed by atoms with Gasteiger partial charge in [0.2, 0.25) is 0 Å². The van der Waals surface area contributed by atoms with Crippen molar-refractivity contribution in [3.05, 3.63) is 103 Å². The van der Waals surface area contributed by atoms with Crippen LogP contribution >= 0.6 is 0 Å². The molecule has 2 unspecified atom stereocenters. The molecular formula is C35H36N6O3. The van der Waals surface area contributed by atoms with Crippen molar-refractivity contribution in [3.8, 4) is 11.1 Å². The Kier molecular flexibility index (Phi) is 7.62. The molecule has 2 aliphatic heterocycles. The van der Waals surface area contributed by atoms with Gasteiger partial charge in [0.15, 0.2) is 0 Å². The molecule has 3 heterocycles. The molecule has 9 heteroatoms. The normalized spacial score (nSPS) is 18.9. The second-order valence-corrected chi connectivity index (χ2v) is 11.6. The molecule has 0 N–H and O–H groups in total. The van der Waals surface area contributed by atoms with E-state index in [1.807, 2.05) is 30.3 Å². The summed E-state index contributed by atoms with van der Waals surface area (Å²) in [5, 5.41) is 7.95. The molecule has 0 aliphatic carbocycles. The van der Waals surface area contributed by atoms with Crippen LogP contribution in [0.15, 0.2) is 97.1 Å². The number of benzene rings is 4. The summed E-state index contributed by atoms with van der Waals surface area (Å²) in [7, 11) is 0. The minimum absolute atomic E-state index is 0.255. The Morgan fingerprint density at radius 2 is 1.18 bits per heavy atom. The first-order valence-corrected chi connectivity index (χ1v) is 15.2. The summed E-state index contributed by atoms with van der Waals surface area (Å²) in [6.07, 6.45) is 0.510. The van der Waals surface area contributed by atoms with Crippen LogP contribution in [0.2, 0.25) is 0 Å². The van der Waals surface area contributed by atoms with E-state index in [0.717, 1.165) is 55.2 Å². The van der Waals surface area contributed by atoms with Gasteiger partial charge in [0.05, 0.1) is 17.8 Å². The quantitative estimate of drug-likeness (QED) is 0.247. The number of ether oxygens (including phenoxy) is 1. The van der Waals surface area contributed by atoms with E-state index in [1.54, 1.807) is 18.2 Å². The Hall–Kier alpha value is -4.89. The van der Waals surface area contributed by atoms with Gasteiger partial charge in [-0.15, -0.1) is 5.10 Å². The Bertz CT molecular complexity index is 1720. The zero-order valence-corrected chi connectivity index (χ0v) is 25.0. The Balaban J connectivity index is 0.936. The van der Waals surface area contributed by atoms with Crippen LogP contribution < -0.4 is 19.5 Å². The van der Waals surface area contributed by atoms with Gasteiger partial charge in [0, 0.05) is 56.3 Å². The number of rotatable bonds is 6. The third-order valence-corrected chi connectivity index (χ3v) is 8.46. The second-order valence-electron chi connectivity index (χ2n) is 11.6. The maximum Gasteiger partial charge on any atom is 0.365 e. The Labute approximate surface area is 257 Å².